The molecule has 0 aromatic heterocycles. The molecule has 0 saturated heterocycles. The van der Waals surface area contributed by atoms with Crippen LogP contribution >= 0.6 is 0 Å². The first-order valence-corrected chi connectivity index (χ1v) is 8.65. The first kappa shape index (κ1) is 16.1. The zero-order valence-electron chi connectivity index (χ0n) is 13.3. The Morgan fingerprint density at radius 1 is 1.05 bits per heavy atom. The van der Waals surface area contributed by atoms with E-state index in [-0.39, 0.29) is 11.8 Å². The fourth-order valence-corrected chi connectivity index (χ4v) is 2.98. The van der Waals surface area contributed by atoms with Crippen LogP contribution in [-0.2, 0) is 4.79 Å². The summed E-state index contributed by atoms with van der Waals surface area (Å²) in [6.45, 7) is 3.10. The van der Waals surface area contributed by atoms with Crippen LogP contribution in [0.4, 0.5) is 0 Å². The average Bonchev–Trinajstić information content (AvgIpc) is 3.31. The number of hydrogen-bond acceptors (Lipinski definition) is 1. The molecule has 2 unspecified atom stereocenters. The zero-order chi connectivity index (χ0) is 14.9. The molecule has 1 aromatic carbocycles. The van der Waals surface area contributed by atoms with E-state index in [1.165, 1.54) is 44.1 Å². The first-order valence-electron chi connectivity index (χ1n) is 8.65. The van der Waals surface area contributed by atoms with Crippen LogP contribution in [0, 0.1) is 5.92 Å². The summed E-state index contributed by atoms with van der Waals surface area (Å²) >= 11 is 0. The quantitative estimate of drug-likeness (QED) is 0.623. The Hall–Kier alpha value is -1.31. The van der Waals surface area contributed by atoms with Crippen molar-refractivity contribution in [1.82, 2.24) is 5.32 Å². The van der Waals surface area contributed by atoms with Gasteiger partial charge in [-0.05, 0) is 24.3 Å². The van der Waals surface area contributed by atoms with Crippen molar-refractivity contribution in [2.45, 2.75) is 64.2 Å². The molecule has 1 aliphatic rings. The number of unbranched alkanes of at least 4 members (excludes halogenated alkanes) is 6. The summed E-state index contributed by atoms with van der Waals surface area (Å²) in [5, 5.41) is 3.11. The molecule has 21 heavy (non-hydrogen) atoms. The van der Waals surface area contributed by atoms with Crippen LogP contribution in [0.3, 0.4) is 0 Å². The second-order valence-electron chi connectivity index (χ2n) is 6.27. The van der Waals surface area contributed by atoms with Gasteiger partial charge >= 0.3 is 0 Å². The van der Waals surface area contributed by atoms with Crippen molar-refractivity contribution in [2.75, 3.05) is 6.54 Å². The van der Waals surface area contributed by atoms with Gasteiger partial charge in [0.25, 0.3) is 0 Å². The SMILES string of the molecule is CCCCCCCCCNC(=O)C1CC1c1ccccc1. The Bertz CT molecular complexity index is 415. The van der Waals surface area contributed by atoms with Gasteiger partial charge in [0.1, 0.15) is 0 Å². The minimum atomic E-state index is 0.219. The third-order valence-electron chi connectivity index (χ3n) is 4.43. The van der Waals surface area contributed by atoms with Gasteiger partial charge in [-0.1, -0.05) is 75.8 Å². The molecule has 0 spiro atoms. The summed E-state index contributed by atoms with van der Waals surface area (Å²) < 4.78 is 0. The van der Waals surface area contributed by atoms with Gasteiger partial charge in [-0.3, -0.25) is 4.79 Å². The molecule has 1 aromatic rings. The topological polar surface area (TPSA) is 29.1 Å². The van der Waals surface area contributed by atoms with Crippen molar-refractivity contribution < 1.29 is 4.79 Å². The van der Waals surface area contributed by atoms with Gasteiger partial charge in [0.15, 0.2) is 0 Å². The lowest BCUT2D eigenvalue weighted by molar-refractivity contribution is -0.122. The van der Waals surface area contributed by atoms with E-state index in [0.29, 0.717) is 5.92 Å². The molecule has 1 N–H and O–H groups in total. The summed E-state index contributed by atoms with van der Waals surface area (Å²) in [5.41, 5.74) is 1.31. The van der Waals surface area contributed by atoms with Crippen LogP contribution in [0.5, 0.6) is 0 Å². The Morgan fingerprint density at radius 3 is 2.43 bits per heavy atom. The number of benzene rings is 1. The van der Waals surface area contributed by atoms with E-state index in [9.17, 15) is 4.79 Å². The highest BCUT2D eigenvalue weighted by Gasteiger charge is 2.43. The van der Waals surface area contributed by atoms with Crippen LogP contribution in [0.15, 0.2) is 30.3 Å². The molecule has 116 valence electrons. The van der Waals surface area contributed by atoms with Crippen molar-refractivity contribution in [3.8, 4) is 0 Å². The first-order chi connectivity index (χ1) is 10.3. The van der Waals surface area contributed by atoms with Crippen molar-refractivity contribution >= 4 is 5.91 Å². The molecule has 2 atom stereocenters. The highest BCUT2D eigenvalue weighted by Crippen LogP contribution is 2.47. The molecule has 2 heteroatoms. The fourth-order valence-electron chi connectivity index (χ4n) is 2.98. The van der Waals surface area contributed by atoms with Gasteiger partial charge in [0.05, 0.1) is 0 Å². The van der Waals surface area contributed by atoms with Crippen molar-refractivity contribution in [3.05, 3.63) is 35.9 Å². The number of carbonyl (C=O) groups excluding carboxylic acids is 1. The Balaban J connectivity index is 1.51. The summed E-state index contributed by atoms with van der Waals surface area (Å²) in [6.07, 6.45) is 10.1. The lowest BCUT2D eigenvalue weighted by atomic mass is 10.1. The zero-order valence-corrected chi connectivity index (χ0v) is 13.3. The van der Waals surface area contributed by atoms with Gasteiger partial charge in [-0.25, -0.2) is 0 Å². The maximum atomic E-state index is 12.1. The van der Waals surface area contributed by atoms with E-state index in [2.05, 4.69) is 36.5 Å². The molecule has 1 fully saturated rings. The molecule has 1 saturated carbocycles. The van der Waals surface area contributed by atoms with E-state index in [1.807, 2.05) is 6.07 Å². The van der Waals surface area contributed by atoms with Gasteiger partial charge in [0.2, 0.25) is 5.91 Å². The summed E-state index contributed by atoms with van der Waals surface area (Å²) in [6, 6.07) is 10.4. The molecule has 0 heterocycles. The van der Waals surface area contributed by atoms with Gasteiger partial charge in [-0.15, -0.1) is 0 Å². The summed E-state index contributed by atoms with van der Waals surface area (Å²) in [7, 11) is 0. The largest absolute Gasteiger partial charge is 0.356 e. The predicted molar refractivity (Wildman–Crippen MR) is 88.3 cm³/mol. The number of nitrogens with one attached hydrogen (secondary N) is 1. The number of carbonyl (C=O) groups is 1. The Kier molecular flexibility index (Phi) is 6.78. The van der Waals surface area contributed by atoms with Gasteiger partial charge in [-0.2, -0.15) is 0 Å². The average molecular weight is 287 g/mol. The Labute approximate surface area is 129 Å². The minimum absolute atomic E-state index is 0.219. The lowest BCUT2D eigenvalue weighted by Crippen LogP contribution is -2.26. The molecule has 0 radical (unpaired) electrons. The van der Waals surface area contributed by atoms with Crippen molar-refractivity contribution in [3.63, 3.8) is 0 Å². The monoisotopic (exact) mass is 287 g/mol. The highest BCUT2D eigenvalue weighted by molar-refractivity contribution is 5.82. The lowest BCUT2D eigenvalue weighted by Gasteiger charge is -2.05. The van der Waals surface area contributed by atoms with Crippen LogP contribution in [0.2, 0.25) is 0 Å². The molecule has 0 aliphatic heterocycles. The minimum Gasteiger partial charge on any atom is -0.356 e. The van der Waals surface area contributed by atoms with Crippen molar-refractivity contribution in [1.29, 1.82) is 0 Å². The molecule has 2 nitrogen and oxygen atoms in total. The van der Waals surface area contributed by atoms with E-state index in [0.717, 1.165) is 19.4 Å². The van der Waals surface area contributed by atoms with Crippen LogP contribution in [-0.4, -0.2) is 12.5 Å². The molecular formula is C19H29NO. The number of amides is 1. The molecule has 0 bridgehead atoms. The molecular weight excluding hydrogens is 258 g/mol. The fraction of sp³-hybridized carbons (Fsp3) is 0.632. The molecule has 1 aliphatic carbocycles. The summed E-state index contributed by atoms with van der Waals surface area (Å²) in [5.74, 6) is 0.937. The van der Waals surface area contributed by atoms with Gasteiger partial charge in [0, 0.05) is 12.5 Å². The summed E-state index contributed by atoms with van der Waals surface area (Å²) in [4.78, 5) is 12.1. The Morgan fingerprint density at radius 2 is 1.71 bits per heavy atom. The number of rotatable bonds is 10. The van der Waals surface area contributed by atoms with Crippen LogP contribution in [0.25, 0.3) is 0 Å². The number of hydrogen-bond donors (Lipinski definition) is 1. The van der Waals surface area contributed by atoms with Crippen LogP contribution in [0.1, 0.15) is 69.8 Å². The van der Waals surface area contributed by atoms with E-state index < -0.39 is 0 Å². The van der Waals surface area contributed by atoms with Crippen LogP contribution < -0.4 is 5.32 Å². The van der Waals surface area contributed by atoms with E-state index >= 15 is 0 Å². The third-order valence-corrected chi connectivity index (χ3v) is 4.43. The highest BCUT2D eigenvalue weighted by atomic mass is 16.2. The molecule has 1 amide bonds. The predicted octanol–water partition coefficient (Wildman–Crippen LogP) is 4.66. The smallest absolute Gasteiger partial charge is 0.223 e. The second-order valence-corrected chi connectivity index (χ2v) is 6.27. The third kappa shape index (κ3) is 5.53. The van der Waals surface area contributed by atoms with E-state index in [4.69, 9.17) is 0 Å². The second kappa shape index (κ2) is 8.86. The van der Waals surface area contributed by atoms with Crippen molar-refractivity contribution in [2.24, 2.45) is 5.92 Å². The normalized spacial score (nSPS) is 20.2. The maximum Gasteiger partial charge on any atom is 0.223 e. The van der Waals surface area contributed by atoms with Gasteiger partial charge < -0.3 is 5.32 Å². The maximum absolute atomic E-state index is 12.1. The van der Waals surface area contributed by atoms with E-state index in [1.54, 1.807) is 0 Å². The molecule has 2 rings (SSSR count). The standard InChI is InChI=1S/C19H29NO/c1-2-3-4-5-6-7-11-14-20-19(21)18-15-17(18)16-12-9-8-10-13-16/h8-10,12-13,17-18H,2-7,11,14-15H2,1H3,(H,20,21).